The van der Waals surface area contributed by atoms with Crippen LogP contribution < -0.4 is 20.7 Å². The van der Waals surface area contributed by atoms with Crippen molar-refractivity contribution in [2.75, 3.05) is 13.7 Å². The van der Waals surface area contributed by atoms with Crippen LogP contribution in [0.4, 0.5) is 4.79 Å². The van der Waals surface area contributed by atoms with E-state index in [0.717, 1.165) is 32.1 Å². The largest absolute Gasteiger partial charge is 0.497 e. The molecule has 1 heterocycles. The Hall–Kier alpha value is -3.72. The number of aromatic amines is 1. The fraction of sp³-hybridized carbons (Fsp3) is 0.636. The van der Waals surface area contributed by atoms with Crippen molar-refractivity contribution < 1.29 is 44.3 Å². The van der Waals surface area contributed by atoms with Crippen LogP contribution >= 0.6 is 0 Å². The number of ether oxygens (including phenoxy) is 2. The summed E-state index contributed by atoms with van der Waals surface area (Å²) in [4.78, 5) is 47.5. The Bertz CT molecular complexity index is 1250. The van der Waals surface area contributed by atoms with Crippen LogP contribution in [0.5, 0.6) is 5.75 Å². The number of aliphatic hydroxyl groups excluding tert-OH is 4. The summed E-state index contributed by atoms with van der Waals surface area (Å²) in [6.07, 6.45) is 2.49. The average molecular weight is 662 g/mol. The molecule has 14 nitrogen and oxygen atoms in total. The molecule has 8 N–H and O–H groups in total. The standard InChI is InChI=1S/C33H51N5O9/c1-33(2,3)47-32(45)38-25(15-21-10-12-23(46-4)13-11-21)30(43)37-26(16-22-17-34-19-35-22)31(44)36-24(14-20-8-6-5-7-9-20)28(41)29(42)27(40)18-39/h10-13,17,19-20,24-29,39-42H,5-9,14-16,18H2,1-4H3,(H,34,35)(H,36,44)(H,37,43)(H,38,45)/t24-,25-,26-,27+,28+,29-/m0/s1. The highest BCUT2D eigenvalue weighted by Crippen LogP contribution is 2.29. The lowest BCUT2D eigenvalue weighted by molar-refractivity contribution is -0.132. The number of imidazole rings is 1. The van der Waals surface area contributed by atoms with E-state index in [2.05, 4.69) is 25.9 Å². The van der Waals surface area contributed by atoms with Crippen LogP contribution in [-0.4, -0.2) is 104 Å². The molecule has 0 saturated heterocycles. The number of H-pyrrole nitrogens is 1. The maximum absolute atomic E-state index is 13.9. The van der Waals surface area contributed by atoms with E-state index < -0.39 is 66.6 Å². The molecule has 1 aliphatic carbocycles. The van der Waals surface area contributed by atoms with Gasteiger partial charge >= 0.3 is 6.09 Å². The molecule has 1 aromatic heterocycles. The summed E-state index contributed by atoms with van der Waals surface area (Å²) in [6.45, 7) is 4.32. The first-order valence-corrected chi connectivity index (χ1v) is 16.2. The zero-order valence-corrected chi connectivity index (χ0v) is 27.6. The number of carbonyl (C=O) groups is 3. The monoisotopic (exact) mass is 661 g/mol. The normalized spacial score (nSPS) is 17.8. The fourth-order valence-electron chi connectivity index (χ4n) is 5.67. The smallest absolute Gasteiger partial charge is 0.408 e. The summed E-state index contributed by atoms with van der Waals surface area (Å²) >= 11 is 0. The van der Waals surface area contributed by atoms with E-state index in [0.29, 0.717) is 23.4 Å². The number of rotatable bonds is 16. The molecule has 0 aliphatic heterocycles. The van der Waals surface area contributed by atoms with Crippen LogP contribution in [0.15, 0.2) is 36.8 Å². The molecule has 1 aliphatic rings. The number of aliphatic hydroxyl groups is 4. The Morgan fingerprint density at radius 2 is 1.57 bits per heavy atom. The molecule has 14 heteroatoms. The maximum atomic E-state index is 13.9. The zero-order chi connectivity index (χ0) is 34.6. The minimum atomic E-state index is -1.72. The highest BCUT2D eigenvalue weighted by atomic mass is 16.6. The number of benzene rings is 1. The van der Waals surface area contributed by atoms with Gasteiger partial charge in [0.2, 0.25) is 11.8 Å². The number of nitrogens with one attached hydrogen (secondary N) is 4. The van der Waals surface area contributed by atoms with Crippen molar-refractivity contribution in [3.05, 3.63) is 48.0 Å². The lowest BCUT2D eigenvalue weighted by Gasteiger charge is -2.34. The molecular weight excluding hydrogens is 610 g/mol. The van der Waals surface area contributed by atoms with Gasteiger partial charge in [-0.1, -0.05) is 44.2 Å². The zero-order valence-electron chi connectivity index (χ0n) is 27.6. The van der Waals surface area contributed by atoms with E-state index in [-0.39, 0.29) is 18.8 Å². The van der Waals surface area contributed by atoms with Crippen molar-refractivity contribution >= 4 is 17.9 Å². The minimum Gasteiger partial charge on any atom is -0.497 e. The van der Waals surface area contributed by atoms with Crippen LogP contribution in [0.2, 0.25) is 0 Å². The van der Waals surface area contributed by atoms with Gasteiger partial charge in [0.15, 0.2) is 0 Å². The number of aromatic nitrogens is 2. The Kier molecular flexibility index (Phi) is 14.4. The van der Waals surface area contributed by atoms with E-state index in [1.54, 1.807) is 51.2 Å². The number of hydrogen-bond donors (Lipinski definition) is 8. The second kappa shape index (κ2) is 18.0. The van der Waals surface area contributed by atoms with Crippen molar-refractivity contribution in [3.63, 3.8) is 0 Å². The summed E-state index contributed by atoms with van der Waals surface area (Å²) in [5.41, 5.74) is 0.357. The van der Waals surface area contributed by atoms with Gasteiger partial charge < -0.3 is 50.8 Å². The second-order valence-corrected chi connectivity index (χ2v) is 13.2. The topological polar surface area (TPSA) is 215 Å². The number of nitrogens with zero attached hydrogens (tertiary/aromatic N) is 1. The van der Waals surface area contributed by atoms with E-state index in [4.69, 9.17) is 9.47 Å². The van der Waals surface area contributed by atoms with Gasteiger partial charge in [-0.25, -0.2) is 9.78 Å². The van der Waals surface area contributed by atoms with Crippen molar-refractivity contribution in [2.45, 2.75) is 114 Å². The van der Waals surface area contributed by atoms with Gasteiger partial charge in [0.25, 0.3) is 0 Å². The van der Waals surface area contributed by atoms with Crippen LogP contribution in [0, 0.1) is 5.92 Å². The van der Waals surface area contributed by atoms with Gasteiger partial charge in [0, 0.05) is 19.0 Å². The molecule has 0 spiro atoms. The fourth-order valence-corrected chi connectivity index (χ4v) is 5.67. The highest BCUT2D eigenvalue weighted by molar-refractivity contribution is 5.91. The first kappa shape index (κ1) is 37.7. The predicted octanol–water partition coefficient (Wildman–Crippen LogP) is 1.11. The SMILES string of the molecule is COc1ccc(C[C@H](NC(=O)OC(C)(C)C)C(=O)N[C@@H](Cc2c[nH]cn2)C(=O)N[C@@H](CC2CCCCC2)[C@@H](O)[C@@H](O)[C@H](O)CO)cc1. The molecule has 47 heavy (non-hydrogen) atoms. The Balaban J connectivity index is 1.86. The van der Waals surface area contributed by atoms with Crippen molar-refractivity contribution in [1.82, 2.24) is 25.9 Å². The van der Waals surface area contributed by atoms with Crippen LogP contribution in [-0.2, 0) is 27.2 Å². The summed E-state index contributed by atoms with van der Waals surface area (Å²) in [7, 11) is 1.54. The van der Waals surface area contributed by atoms with Crippen molar-refractivity contribution in [3.8, 4) is 5.75 Å². The van der Waals surface area contributed by atoms with Gasteiger partial charge in [-0.15, -0.1) is 0 Å². The molecule has 262 valence electrons. The summed E-state index contributed by atoms with van der Waals surface area (Å²) in [6, 6.07) is 3.64. The predicted molar refractivity (Wildman–Crippen MR) is 172 cm³/mol. The van der Waals surface area contributed by atoms with Crippen LogP contribution in [0.1, 0.15) is 70.6 Å². The lowest BCUT2D eigenvalue weighted by Crippen LogP contribution is -2.59. The molecule has 0 unspecified atom stereocenters. The first-order chi connectivity index (χ1) is 22.3. The van der Waals surface area contributed by atoms with Gasteiger partial charge in [0.05, 0.1) is 31.8 Å². The molecule has 6 atom stereocenters. The second-order valence-electron chi connectivity index (χ2n) is 13.2. The minimum absolute atomic E-state index is 0.0309. The third kappa shape index (κ3) is 12.4. The summed E-state index contributed by atoms with van der Waals surface area (Å²) in [5, 5.41) is 49.2. The van der Waals surface area contributed by atoms with Gasteiger partial charge in [-0.2, -0.15) is 0 Å². The summed E-state index contributed by atoms with van der Waals surface area (Å²) < 4.78 is 10.6. The van der Waals surface area contributed by atoms with Gasteiger partial charge in [-0.3, -0.25) is 9.59 Å². The molecule has 1 saturated carbocycles. The van der Waals surface area contributed by atoms with E-state index in [1.165, 1.54) is 13.4 Å². The third-order valence-corrected chi connectivity index (χ3v) is 8.19. The quantitative estimate of drug-likeness (QED) is 0.128. The molecular formula is C33H51N5O9. The molecule has 1 aromatic carbocycles. The Labute approximate surface area is 275 Å². The van der Waals surface area contributed by atoms with Crippen molar-refractivity contribution in [2.24, 2.45) is 5.92 Å². The third-order valence-electron chi connectivity index (χ3n) is 8.19. The number of carbonyl (C=O) groups excluding carboxylic acids is 3. The van der Waals surface area contributed by atoms with Gasteiger partial charge in [-0.05, 0) is 50.8 Å². The molecule has 3 amide bonds. The van der Waals surface area contributed by atoms with E-state index in [1.807, 2.05) is 0 Å². The molecule has 0 radical (unpaired) electrons. The van der Waals surface area contributed by atoms with Gasteiger partial charge in [0.1, 0.15) is 41.7 Å². The lowest BCUT2D eigenvalue weighted by atomic mass is 9.82. The van der Waals surface area contributed by atoms with Crippen LogP contribution in [0.25, 0.3) is 0 Å². The molecule has 0 bridgehead atoms. The first-order valence-electron chi connectivity index (χ1n) is 16.2. The Morgan fingerprint density at radius 3 is 2.15 bits per heavy atom. The number of amides is 3. The number of alkyl carbamates (subject to hydrolysis) is 1. The van der Waals surface area contributed by atoms with E-state index >= 15 is 0 Å². The number of hydrogen-bond acceptors (Lipinski definition) is 10. The molecule has 1 fully saturated rings. The Morgan fingerprint density at radius 1 is 0.936 bits per heavy atom. The van der Waals surface area contributed by atoms with Crippen molar-refractivity contribution in [1.29, 1.82) is 0 Å². The average Bonchev–Trinajstić information content (AvgIpc) is 3.55. The molecule has 2 aromatic rings. The van der Waals surface area contributed by atoms with Crippen LogP contribution in [0.3, 0.4) is 0 Å². The van der Waals surface area contributed by atoms with E-state index in [9.17, 15) is 34.8 Å². The summed E-state index contributed by atoms with van der Waals surface area (Å²) in [5.74, 6) is -0.546. The number of methoxy groups -OCH3 is 1. The molecule has 3 rings (SSSR count). The highest BCUT2D eigenvalue weighted by Gasteiger charge is 2.36. The maximum Gasteiger partial charge on any atom is 0.408 e.